The van der Waals surface area contributed by atoms with Gasteiger partial charge in [-0.3, -0.25) is 0 Å². The third-order valence-corrected chi connectivity index (χ3v) is 3.53. The molecule has 1 heterocycles. The molecule has 21 heavy (non-hydrogen) atoms. The van der Waals surface area contributed by atoms with E-state index in [-0.39, 0.29) is 5.97 Å². The lowest BCUT2D eigenvalue weighted by Crippen LogP contribution is -2.29. The van der Waals surface area contributed by atoms with Crippen LogP contribution in [0, 0.1) is 0 Å². The highest BCUT2D eigenvalue weighted by Crippen LogP contribution is 2.21. The molecule has 1 saturated heterocycles. The first-order valence-corrected chi connectivity index (χ1v) is 8.33. The predicted octanol–water partition coefficient (Wildman–Crippen LogP) is 4.66. The molecular weight excluding hydrogens is 262 g/mol. The summed E-state index contributed by atoms with van der Waals surface area (Å²) in [5.74, 6) is -0.202. The van der Waals surface area contributed by atoms with Crippen molar-refractivity contribution in [3.63, 3.8) is 0 Å². The van der Waals surface area contributed by atoms with Crippen LogP contribution in [-0.2, 0) is 4.74 Å². The fourth-order valence-corrected chi connectivity index (χ4v) is 2.37. The van der Waals surface area contributed by atoms with Gasteiger partial charge in [-0.15, -0.1) is 0 Å². The van der Waals surface area contributed by atoms with Crippen molar-refractivity contribution in [3.8, 4) is 0 Å². The Morgan fingerprint density at radius 1 is 1.19 bits per heavy atom. The van der Waals surface area contributed by atoms with E-state index in [4.69, 9.17) is 4.74 Å². The van der Waals surface area contributed by atoms with Crippen LogP contribution in [0.25, 0.3) is 0 Å². The van der Waals surface area contributed by atoms with Gasteiger partial charge < -0.3 is 9.64 Å². The summed E-state index contributed by atoms with van der Waals surface area (Å²) in [5, 5.41) is 0. The third kappa shape index (κ3) is 5.78. The Morgan fingerprint density at radius 3 is 2.57 bits per heavy atom. The number of hydrogen-bond acceptors (Lipinski definition) is 3. The minimum atomic E-state index is -0.202. The van der Waals surface area contributed by atoms with Crippen LogP contribution < -0.4 is 4.90 Å². The standard InChI is InChI=1S/C16H23NO2.C2H6/c1-2-3-12-19-16(18)14-8-7-9-15(13-14)17-10-5-4-6-11-17;1-2/h7-9,13H,2-6,10-12H2,1H3;1-2H3. The van der Waals surface area contributed by atoms with Crippen LogP contribution in [0.1, 0.15) is 63.2 Å². The predicted molar refractivity (Wildman–Crippen MR) is 89.0 cm³/mol. The van der Waals surface area contributed by atoms with Gasteiger partial charge >= 0.3 is 5.97 Å². The van der Waals surface area contributed by atoms with Gasteiger partial charge in [-0.2, -0.15) is 0 Å². The van der Waals surface area contributed by atoms with Gasteiger partial charge in [0.15, 0.2) is 0 Å². The molecular formula is C18H29NO2. The van der Waals surface area contributed by atoms with Crippen molar-refractivity contribution in [2.75, 3.05) is 24.6 Å². The molecule has 1 aromatic rings. The lowest BCUT2D eigenvalue weighted by Gasteiger charge is -2.29. The van der Waals surface area contributed by atoms with Crippen LogP contribution in [0.2, 0.25) is 0 Å². The van der Waals surface area contributed by atoms with E-state index < -0.39 is 0 Å². The van der Waals surface area contributed by atoms with E-state index in [9.17, 15) is 4.79 Å². The molecule has 118 valence electrons. The smallest absolute Gasteiger partial charge is 0.338 e. The molecule has 0 radical (unpaired) electrons. The zero-order valence-electron chi connectivity index (χ0n) is 13.7. The summed E-state index contributed by atoms with van der Waals surface area (Å²) in [6.07, 6.45) is 5.77. The molecule has 1 aliphatic heterocycles. The Hall–Kier alpha value is -1.51. The van der Waals surface area contributed by atoms with Gasteiger partial charge in [0, 0.05) is 18.8 Å². The van der Waals surface area contributed by atoms with Crippen LogP contribution in [0.5, 0.6) is 0 Å². The molecule has 1 fully saturated rings. The van der Waals surface area contributed by atoms with Gasteiger partial charge in [-0.05, 0) is 43.9 Å². The van der Waals surface area contributed by atoms with Crippen molar-refractivity contribution in [1.29, 1.82) is 0 Å². The Balaban J connectivity index is 0.00000106. The maximum Gasteiger partial charge on any atom is 0.338 e. The highest BCUT2D eigenvalue weighted by atomic mass is 16.5. The van der Waals surface area contributed by atoms with Gasteiger partial charge in [-0.1, -0.05) is 33.3 Å². The average Bonchev–Trinajstić information content (AvgIpc) is 2.58. The third-order valence-electron chi connectivity index (χ3n) is 3.53. The summed E-state index contributed by atoms with van der Waals surface area (Å²) in [6, 6.07) is 7.82. The number of hydrogen-bond donors (Lipinski definition) is 0. The second kappa shape index (κ2) is 10.3. The highest BCUT2D eigenvalue weighted by Gasteiger charge is 2.13. The van der Waals surface area contributed by atoms with Crippen LogP contribution in [0.4, 0.5) is 5.69 Å². The van der Waals surface area contributed by atoms with Crippen LogP contribution in [0.3, 0.4) is 0 Å². The summed E-state index contributed by atoms with van der Waals surface area (Å²) in [6.45, 7) is 8.79. The molecule has 0 aliphatic carbocycles. The molecule has 0 saturated carbocycles. The highest BCUT2D eigenvalue weighted by molar-refractivity contribution is 5.90. The first-order valence-electron chi connectivity index (χ1n) is 8.33. The Morgan fingerprint density at radius 2 is 1.90 bits per heavy atom. The minimum absolute atomic E-state index is 0.202. The molecule has 0 aromatic heterocycles. The number of rotatable bonds is 5. The van der Waals surface area contributed by atoms with Crippen LogP contribution in [-0.4, -0.2) is 25.7 Å². The minimum Gasteiger partial charge on any atom is -0.462 e. The number of nitrogens with zero attached hydrogens (tertiary/aromatic N) is 1. The lowest BCUT2D eigenvalue weighted by molar-refractivity contribution is 0.0500. The van der Waals surface area contributed by atoms with Crippen molar-refractivity contribution < 1.29 is 9.53 Å². The molecule has 0 N–H and O–H groups in total. The molecule has 2 rings (SSSR count). The number of piperidine rings is 1. The zero-order chi connectivity index (χ0) is 15.5. The van der Waals surface area contributed by atoms with Crippen molar-refractivity contribution >= 4 is 11.7 Å². The quantitative estimate of drug-likeness (QED) is 0.583. The zero-order valence-corrected chi connectivity index (χ0v) is 13.7. The normalized spacial score (nSPS) is 14.1. The second-order valence-electron chi connectivity index (χ2n) is 5.09. The molecule has 0 amide bonds. The first-order chi connectivity index (χ1) is 10.3. The van der Waals surface area contributed by atoms with E-state index in [1.54, 1.807) is 0 Å². The van der Waals surface area contributed by atoms with Gasteiger partial charge in [-0.25, -0.2) is 4.79 Å². The van der Waals surface area contributed by atoms with Crippen molar-refractivity contribution in [2.24, 2.45) is 0 Å². The largest absolute Gasteiger partial charge is 0.462 e. The molecule has 3 nitrogen and oxygen atoms in total. The van der Waals surface area contributed by atoms with Crippen LogP contribution in [0.15, 0.2) is 24.3 Å². The summed E-state index contributed by atoms with van der Waals surface area (Å²) >= 11 is 0. The Kier molecular flexibility index (Phi) is 8.56. The Labute approximate surface area is 129 Å². The van der Waals surface area contributed by atoms with E-state index in [1.807, 2.05) is 32.0 Å². The maximum atomic E-state index is 11.9. The molecule has 1 aromatic carbocycles. The number of benzene rings is 1. The van der Waals surface area contributed by atoms with Crippen molar-refractivity contribution in [3.05, 3.63) is 29.8 Å². The Bertz CT molecular complexity index is 411. The van der Waals surface area contributed by atoms with Gasteiger partial charge in [0.05, 0.1) is 12.2 Å². The van der Waals surface area contributed by atoms with E-state index in [1.165, 1.54) is 19.3 Å². The molecule has 0 atom stereocenters. The molecule has 0 bridgehead atoms. The molecule has 0 spiro atoms. The average molecular weight is 291 g/mol. The van der Waals surface area contributed by atoms with E-state index >= 15 is 0 Å². The fourth-order valence-electron chi connectivity index (χ4n) is 2.37. The number of unbranched alkanes of at least 4 members (excludes halogenated alkanes) is 1. The SMILES string of the molecule is CC.CCCCOC(=O)c1cccc(N2CCCCC2)c1. The molecule has 3 heteroatoms. The number of carbonyl (C=O) groups is 1. The van der Waals surface area contributed by atoms with E-state index in [0.717, 1.165) is 31.6 Å². The second-order valence-corrected chi connectivity index (χ2v) is 5.09. The first kappa shape index (κ1) is 17.5. The number of esters is 1. The van der Waals surface area contributed by atoms with Crippen molar-refractivity contribution in [1.82, 2.24) is 0 Å². The summed E-state index contributed by atoms with van der Waals surface area (Å²) in [4.78, 5) is 14.3. The van der Waals surface area contributed by atoms with E-state index in [0.29, 0.717) is 12.2 Å². The van der Waals surface area contributed by atoms with E-state index in [2.05, 4.69) is 17.9 Å². The monoisotopic (exact) mass is 291 g/mol. The number of ether oxygens (including phenoxy) is 1. The topological polar surface area (TPSA) is 29.5 Å². The van der Waals surface area contributed by atoms with Gasteiger partial charge in [0.2, 0.25) is 0 Å². The van der Waals surface area contributed by atoms with Crippen molar-refractivity contribution in [2.45, 2.75) is 52.9 Å². The van der Waals surface area contributed by atoms with Crippen LogP contribution >= 0.6 is 0 Å². The number of carbonyl (C=O) groups excluding carboxylic acids is 1. The summed E-state index contributed by atoms with van der Waals surface area (Å²) in [5.41, 5.74) is 1.81. The number of anilines is 1. The summed E-state index contributed by atoms with van der Waals surface area (Å²) < 4.78 is 5.25. The molecule has 1 aliphatic rings. The van der Waals surface area contributed by atoms with Gasteiger partial charge in [0.1, 0.15) is 0 Å². The maximum absolute atomic E-state index is 11.9. The fraction of sp³-hybridized carbons (Fsp3) is 0.611. The molecule has 0 unspecified atom stereocenters. The van der Waals surface area contributed by atoms with Gasteiger partial charge in [0.25, 0.3) is 0 Å². The summed E-state index contributed by atoms with van der Waals surface area (Å²) in [7, 11) is 0. The lowest BCUT2D eigenvalue weighted by atomic mass is 10.1.